The van der Waals surface area contributed by atoms with Crippen molar-refractivity contribution in [2.75, 3.05) is 47.5 Å². The number of hydrogen-bond acceptors (Lipinski definition) is 7. The van der Waals surface area contributed by atoms with Crippen LogP contribution >= 0.6 is 7.82 Å². The number of hydrogen-bond donors (Lipinski definition) is 1. The lowest BCUT2D eigenvalue weighted by atomic mass is 10.0. The molecule has 326 valence electrons. The zero-order valence-electron chi connectivity index (χ0n) is 36.7. The lowest BCUT2D eigenvalue weighted by Crippen LogP contribution is -2.37. The van der Waals surface area contributed by atoms with E-state index in [1.54, 1.807) is 0 Å². The predicted octanol–water partition coefficient (Wildman–Crippen LogP) is 13.0. The summed E-state index contributed by atoms with van der Waals surface area (Å²) in [6.07, 6.45) is 39.8. The first-order chi connectivity index (χ1) is 26.5. The van der Waals surface area contributed by atoms with Crippen molar-refractivity contribution in [3.63, 3.8) is 0 Å². The third kappa shape index (κ3) is 42.2. The molecule has 0 rings (SSSR count). The number of unbranched alkanes of at least 4 members (excludes halogenated alkanes) is 26. The number of carbonyl (C=O) groups is 2. The molecule has 0 heterocycles. The molecular formula is C45H89NO8P+. The van der Waals surface area contributed by atoms with E-state index < -0.39 is 26.5 Å². The molecule has 1 N–H and O–H groups in total. The molecule has 0 spiro atoms. The zero-order valence-corrected chi connectivity index (χ0v) is 37.6. The van der Waals surface area contributed by atoms with E-state index in [0.29, 0.717) is 17.4 Å². The van der Waals surface area contributed by atoms with Gasteiger partial charge in [0.05, 0.1) is 27.7 Å². The van der Waals surface area contributed by atoms with Gasteiger partial charge >= 0.3 is 19.8 Å². The van der Waals surface area contributed by atoms with Crippen LogP contribution in [0.3, 0.4) is 0 Å². The van der Waals surface area contributed by atoms with E-state index in [0.717, 1.165) is 32.1 Å². The molecule has 0 amide bonds. The normalized spacial score (nSPS) is 13.6. The maximum Gasteiger partial charge on any atom is 0.472 e. The summed E-state index contributed by atoms with van der Waals surface area (Å²) in [6.45, 7) is 4.41. The first-order valence-electron chi connectivity index (χ1n) is 22.9. The smallest absolute Gasteiger partial charge is 0.462 e. The molecule has 0 aliphatic heterocycles. The van der Waals surface area contributed by atoms with Crippen molar-refractivity contribution in [1.29, 1.82) is 0 Å². The van der Waals surface area contributed by atoms with Gasteiger partial charge in [-0.05, 0) is 25.7 Å². The molecule has 9 nitrogen and oxygen atoms in total. The summed E-state index contributed by atoms with van der Waals surface area (Å²) in [6, 6.07) is 0. The van der Waals surface area contributed by atoms with Gasteiger partial charge < -0.3 is 18.9 Å². The van der Waals surface area contributed by atoms with Gasteiger partial charge in [-0.3, -0.25) is 18.6 Å². The van der Waals surface area contributed by atoms with E-state index in [1.165, 1.54) is 148 Å². The molecule has 0 aliphatic carbocycles. The summed E-state index contributed by atoms with van der Waals surface area (Å²) in [5.74, 6) is -0.844. The first-order valence-corrected chi connectivity index (χ1v) is 24.4. The standard InChI is InChI=1S/C45H88NO8P/c1-6-8-10-12-14-16-18-20-22-23-24-26-28-30-32-34-36-38-45(48)54-43(42-53-55(49,50)52-40-39-46(3,4)5)41-51-44(47)37-35-33-31-29-27-25-21-19-17-15-13-11-9-7-2/h32,34,43H,6-31,33,35-42H2,1-5H3/p+1/b34-32-. The van der Waals surface area contributed by atoms with Crippen LogP contribution in [-0.2, 0) is 32.7 Å². The van der Waals surface area contributed by atoms with Crippen LogP contribution in [0.15, 0.2) is 12.2 Å². The van der Waals surface area contributed by atoms with E-state index in [2.05, 4.69) is 19.9 Å². The summed E-state index contributed by atoms with van der Waals surface area (Å²) in [5.41, 5.74) is 0. The fourth-order valence-corrected chi connectivity index (χ4v) is 7.19. The minimum absolute atomic E-state index is 0.0293. The van der Waals surface area contributed by atoms with Crippen LogP contribution in [0.5, 0.6) is 0 Å². The van der Waals surface area contributed by atoms with E-state index in [9.17, 15) is 19.0 Å². The Hall–Kier alpha value is -1.25. The van der Waals surface area contributed by atoms with Gasteiger partial charge in [0.1, 0.15) is 19.8 Å². The van der Waals surface area contributed by atoms with Gasteiger partial charge in [-0.15, -0.1) is 0 Å². The average molecular weight is 803 g/mol. The minimum Gasteiger partial charge on any atom is -0.462 e. The number of phosphoric ester groups is 1. The number of phosphoric acid groups is 1. The Morgan fingerprint density at radius 1 is 0.545 bits per heavy atom. The lowest BCUT2D eigenvalue weighted by Gasteiger charge is -2.24. The Labute approximate surface area is 339 Å². The van der Waals surface area contributed by atoms with E-state index in [1.807, 2.05) is 27.2 Å². The van der Waals surface area contributed by atoms with Gasteiger partial charge in [0, 0.05) is 12.8 Å². The monoisotopic (exact) mass is 803 g/mol. The van der Waals surface area contributed by atoms with Crippen molar-refractivity contribution in [2.45, 2.75) is 219 Å². The summed E-state index contributed by atoms with van der Waals surface area (Å²) < 4.78 is 34.3. The van der Waals surface area contributed by atoms with Crippen LogP contribution in [0.25, 0.3) is 0 Å². The number of rotatable bonds is 42. The molecule has 0 bridgehead atoms. The number of quaternary nitrogens is 1. The highest BCUT2D eigenvalue weighted by Gasteiger charge is 2.27. The molecule has 55 heavy (non-hydrogen) atoms. The van der Waals surface area contributed by atoms with Crippen molar-refractivity contribution in [3.8, 4) is 0 Å². The second-order valence-corrected chi connectivity index (χ2v) is 18.2. The fourth-order valence-electron chi connectivity index (χ4n) is 6.44. The molecule has 0 aromatic heterocycles. The highest BCUT2D eigenvalue weighted by molar-refractivity contribution is 7.47. The van der Waals surface area contributed by atoms with Gasteiger partial charge in [-0.25, -0.2) is 4.57 Å². The van der Waals surface area contributed by atoms with Crippen molar-refractivity contribution in [3.05, 3.63) is 12.2 Å². The third-order valence-electron chi connectivity index (χ3n) is 10.1. The van der Waals surface area contributed by atoms with E-state index in [-0.39, 0.29) is 32.0 Å². The Morgan fingerprint density at radius 2 is 0.964 bits per heavy atom. The van der Waals surface area contributed by atoms with Crippen molar-refractivity contribution in [2.24, 2.45) is 0 Å². The number of likely N-dealkylation sites (N-methyl/N-ethyl adjacent to an activating group) is 1. The highest BCUT2D eigenvalue weighted by Crippen LogP contribution is 2.43. The molecule has 0 fully saturated rings. The van der Waals surface area contributed by atoms with Crippen LogP contribution in [0, 0.1) is 0 Å². The lowest BCUT2D eigenvalue weighted by molar-refractivity contribution is -0.870. The van der Waals surface area contributed by atoms with Crippen LogP contribution in [0.1, 0.15) is 213 Å². The number of ether oxygens (including phenoxy) is 2. The van der Waals surface area contributed by atoms with Crippen molar-refractivity contribution >= 4 is 19.8 Å². The maximum atomic E-state index is 12.7. The van der Waals surface area contributed by atoms with Gasteiger partial charge in [0.2, 0.25) is 0 Å². The molecule has 0 radical (unpaired) electrons. The van der Waals surface area contributed by atoms with Crippen molar-refractivity contribution in [1.82, 2.24) is 0 Å². The third-order valence-corrected chi connectivity index (χ3v) is 11.0. The number of carbonyl (C=O) groups excluding carboxylic acids is 2. The molecular weight excluding hydrogens is 713 g/mol. The Balaban J connectivity index is 4.34. The maximum absolute atomic E-state index is 12.7. The fraction of sp³-hybridized carbons (Fsp3) is 0.911. The minimum atomic E-state index is -4.38. The van der Waals surface area contributed by atoms with Crippen LogP contribution in [-0.4, -0.2) is 74.9 Å². The second-order valence-electron chi connectivity index (χ2n) is 16.8. The summed E-state index contributed by atoms with van der Waals surface area (Å²) in [7, 11) is 1.47. The molecule has 10 heteroatoms. The number of esters is 2. The van der Waals surface area contributed by atoms with Gasteiger partial charge in [-0.2, -0.15) is 0 Å². The van der Waals surface area contributed by atoms with Crippen LogP contribution in [0.2, 0.25) is 0 Å². The molecule has 0 aliphatic rings. The molecule has 2 unspecified atom stereocenters. The van der Waals surface area contributed by atoms with Crippen molar-refractivity contribution < 1.29 is 42.1 Å². The Kier molecular flexibility index (Phi) is 37.4. The van der Waals surface area contributed by atoms with Gasteiger partial charge in [-0.1, -0.05) is 187 Å². The summed E-state index contributed by atoms with van der Waals surface area (Å²) >= 11 is 0. The van der Waals surface area contributed by atoms with E-state index >= 15 is 0 Å². The molecule has 2 atom stereocenters. The van der Waals surface area contributed by atoms with Gasteiger partial charge in [0.25, 0.3) is 0 Å². The molecule has 0 aromatic carbocycles. The number of allylic oxidation sites excluding steroid dienone is 2. The quantitative estimate of drug-likeness (QED) is 0.0214. The first kappa shape index (κ1) is 53.8. The topological polar surface area (TPSA) is 108 Å². The SMILES string of the molecule is CCCCCCCCCCCCCCC/C=C\CCC(=O)OC(COC(=O)CCCCCCCCCCCCCCCC)COP(=O)(O)OCC[N+](C)(C)C. The summed E-state index contributed by atoms with van der Waals surface area (Å²) in [4.78, 5) is 35.3. The summed E-state index contributed by atoms with van der Waals surface area (Å²) in [5, 5.41) is 0. The van der Waals surface area contributed by atoms with Crippen LogP contribution in [0.4, 0.5) is 0 Å². The Morgan fingerprint density at radius 3 is 1.42 bits per heavy atom. The second kappa shape index (κ2) is 38.3. The van der Waals surface area contributed by atoms with E-state index in [4.69, 9.17) is 18.5 Å². The Bertz CT molecular complexity index is 954. The highest BCUT2D eigenvalue weighted by atomic mass is 31.2. The molecule has 0 saturated carbocycles. The molecule has 0 aromatic rings. The van der Waals surface area contributed by atoms with Crippen LogP contribution < -0.4 is 0 Å². The van der Waals surface area contributed by atoms with Gasteiger partial charge in [0.15, 0.2) is 6.10 Å². The molecule has 0 saturated heterocycles. The predicted molar refractivity (Wildman–Crippen MR) is 229 cm³/mol. The largest absolute Gasteiger partial charge is 0.472 e. The number of nitrogens with zero attached hydrogens (tertiary/aromatic N) is 1. The zero-order chi connectivity index (χ0) is 40.7. The average Bonchev–Trinajstić information content (AvgIpc) is 3.13.